The predicted octanol–water partition coefficient (Wildman–Crippen LogP) is 4.34. The fraction of sp³-hybridized carbons (Fsp3) is 0.400. The molecular weight excluding hydrogens is 403 g/mol. The number of aliphatic imine (C=N–C) groups is 2. The first kappa shape index (κ1) is 20.8. The summed E-state index contributed by atoms with van der Waals surface area (Å²) in [6.45, 7) is 10.7. The molecule has 166 valence electrons. The van der Waals surface area contributed by atoms with Gasteiger partial charge in [-0.25, -0.2) is 9.37 Å². The third-order valence-corrected chi connectivity index (χ3v) is 7.04. The lowest BCUT2D eigenvalue weighted by molar-refractivity contribution is 0.588. The molecule has 0 bridgehead atoms. The van der Waals surface area contributed by atoms with Crippen LogP contribution >= 0.6 is 0 Å². The van der Waals surface area contributed by atoms with Gasteiger partial charge in [0.2, 0.25) is 0 Å². The van der Waals surface area contributed by atoms with Crippen molar-refractivity contribution >= 4 is 28.6 Å². The lowest BCUT2D eigenvalue weighted by Crippen LogP contribution is -2.43. The Bertz CT molecular complexity index is 1110. The Kier molecular flexibility index (Phi) is 5.29. The van der Waals surface area contributed by atoms with Gasteiger partial charge in [0.15, 0.2) is 5.83 Å². The summed E-state index contributed by atoms with van der Waals surface area (Å²) in [6.07, 6.45) is 4.32. The van der Waals surface area contributed by atoms with Crippen molar-refractivity contribution in [2.24, 2.45) is 9.98 Å². The zero-order chi connectivity index (χ0) is 22.3. The van der Waals surface area contributed by atoms with Gasteiger partial charge in [-0.2, -0.15) is 0 Å². The van der Waals surface area contributed by atoms with E-state index in [1.54, 1.807) is 4.90 Å². The van der Waals surface area contributed by atoms with E-state index in [1.165, 1.54) is 6.20 Å². The molecular formula is C25H29FN6. The minimum absolute atomic E-state index is 0.108. The quantitative estimate of drug-likeness (QED) is 0.781. The summed E-state index contributed by atoms with van der Waals surface area (Å²) in [6, 6.07) is 9.94. The van der Waals surface area contributed by atoms with Gasteiger partial charge in [0.05, 0.1) is 17.6 Å². The lowest BCUT2D eigenvalue weighted by Gasteiger charge is -2.29. The number of anilines is 2. The number of piperazine rings is 1. The van der Waals surface area contributed by atoms with Crippen molar-refractivity contribution in [1.82, 2.24) is 10.3 Å². The molecule has 6 nitrogen and oxygen atoms in total. The Labute approximate surface area is 188 Å². The Morgan fingerprint density at radius 1 is 1.16 bits per heavy atom. The number of aromatic nitrogens is 1. The molecule has 1 aromatic carbocycles. The standard InChI is InChI=1S/C25H29FN6/c1-4-25(3)17(2)30-22-7-5-18(13-20(22)25)24-21(26)15-32(16-29-24)23-8-6-19(14-28-23)31-11-9-27-10-12-31/h5-8,13-15,27H,4,9-12,16H2,1-3H3. The number of pyridine rings is 1. The Hall–Kier alpha value is -3.06. The van der Waals surface area contributed by atoms with Crippen LogP contribution < -0.4 is 15.1 Å². The normalized spacial score (nSPS) is 22.9. The third kappa shape index (κ3) is 3.50. The largest absolute Gasteiger partial charge is 0.368 e. The van der Waals surface area contributed by atoms with E-state index in [2.05, 4.69) is 47.0 Å². The Morgan fingerprint density at radius 2 is 1.97 bits per heavy atom. The lowest BCUT2D eigenvalue weighted by atomic mass is 9.77. The molecule has 1 aromatic heterocycles. The first-order valence-corrected chi connectivity index (χ1v) is 11.3. The summed E-state index contributed by atoms with van der Waals surface area (Å²) in [5.41, 5.74) is 5.41. The van der Waals surface area contributed by atoms with Crippen LogP contribution in [0.15, 0.2) is 58.5 Å². The number of hydrogen-bond acceptors (Lipinski definition) is 6. The maximum atomic E-state index is 15.2. The highest BCUT2D eigenvalue weighted by atomic mass is 19.1. The average Bonchev–Trinajstić information content (AvgIpc) is 3.09. The second-order valence-corrected chi connectivity index (χ2v) is 8.82. The van der Waals surface area contributed by atoms with Gasteiger partial charge in [-0.05, 0) is 43.2 Å². The minimum Gasteiger partial charge on any atom is -0.368 e. The zero-order valence-corrected chi connectivity index (χ0v) is 18.9. The van der Waals surface area contributed by atoms with Crippen molar-refractivity contribution in [1.29, 1.82) is 0 Å². The van der Waals surface area contributed by atoms with Gasteiger partial charge in [0.1, 0.15) is 18.2 Å². The number of fused-ring (bicyclic) bond motifs is 1. The molecule has 1 saturated heterocycles. The van der Waals surface area contributed by atoms with Gasteiger partial charge in [-0.15, -0.1) is 0 Å². The van der Waals surface area contributed by atoms with Crippen molar-refractivity contribution in [3.8, 4) is 0 Å². The maximum Gasteiger partial charge on any atom is 0.165 e. The number of nitrogens with zero attached hydrogens (tertiary/aromatic N) is 5. The van der Waals surface area contributed by atoms with Gasteiger partial charge in [0.25, 0.3) is 0 Å². The third-order valence-electron chi connectivity index (χ3n) is 7.04. The monoisotopic (exact) mass is 432 g/mol. The summed E-state index contributed by atoms with van der Waals surface area (Å²) >= 11 is 0. The molecule has 7 heteroatoms. The van der Waals surface area contributed by atoms with E-state index in [0.717, 1.165) is 60.8 Å². The molecule has 0 saturated carbocycles. The fourth-order valence-corrected chi connectivity index (χ4v) is 4.66. The van der Waals surface area contributed by atoms with Gasteiger partial charge in [0, 0.05) is 49.1 Å². The summed E-state index contributed by atoms with van der Waals surface area (Å²) in [7, 11) is 0. The van der Waals surface area contributed by atoms with E-state index in [-0.39, 0.29) is 11.2 Å². The zero-order valence-electron chi connectivity index (χ0n) is 18.9. The van der Waals surface area contributed by atoms with Crippen molar-refractivity contribution in [3.05, 3.63) is 59.7 Å². The molecule has 5 rings (SSSR count). The van der Waals surface area contributed by atoms with Gasteiger partial charge < -0.3 is 15.1 Å². The van der Waals surface area contributed by atoms with E-state index in [0.29, 0.717) is 18.2 Å². The molecule has 32 heavy (non-hydrogen) atoms. The summed E-state index contributed by atoms with van der Waals surface area (Å²) in [5, 5.41) is 3.35. The molecule has 1 fully saturated rings. The number of halogens is 1. The molecule has 2 aromatic rings. The Morgan fingerprint density at radius 3 is 2.66 bits per heavy atom. The van der Waals surface area contributed by atoms with Crippen LogP contribution in [0.5, 0.6) is 0 Å². The van der Waals surface area contributed by atoms with E-state index < -0.39 is 0 Å². The summed E-state index contributed by atoms with van der Waals surface area (Å²) < 4.78 is 15.2. The van der Waals surface area contributed by atoms with E-state index >= 15 is 4.39 Å². The molecule has 0 amide bonds. The summed E-state index contributed by atoms with van der Waals surface area (Å²) in [4.78, 5) is 17.9. The highest BCUT2D eigenvalue weighted by Crippen LogP contribution is 2.43. The van der Waals surface area contributed by atoms with Gasteiger partial charge >= 0.3 is 0 Å². The van der Waals surface area contributed by atoms with Crippen LogP contribution in [0.4, 0.5) is 21.6 Å². The molecule has 0 radical (unpaired) electrons. The molecule has 0 aliphatic carbocycles. The number of nitrogens with one attached hydrogen (secondary N) is 1. The van der Waals surface area contributed by atoms with Crippen molar-refractivity contribution in [2.75, 3.05) is 42.6 Å². The van der Waals surface area contributed by atoms with Crippen LogP contribution in [0.25, 0.3) is 0 Å². The van der Waals surface area contributed by atoms with E-state index in [4.69, 9.17) is 4.99 Å². The van der Waals surface area contributed by atoms with Gasteiger partial charge in [-0.1, -0.05) is 19.9 Å². The fourth-order valence-electron chi connectivity index (χ4n) is 4.66. The van der Waals surface area contributed by atoms with Crippen molar-refractivity contribution < 1.29 is 4.39 Å². The second-order valence-electron chi connectivity index (χ2n) is 8.82. The van der Waals surface area contributed by atoms with E-state index in [1.807, 2.05) is 30.5 Å². The van der Waals surface area contributed by atoms with Crippen molar-refractivity contribution in [2.45, 2.75) is 32.6 Å². The molecule has 4 heterocycles. The van der Waals surface area contributed by atoms with Crippen molar-refractivity contribution in [3.63, 3.8) is 0 Å². The van der Waals surface area contributed by atoms with Crippen LogP contribution in [-0.4, -0.2) is 49.3 Å². The first-order chi connectivity index (χ1) is 15.5. The number of benzene rings is 1. The Balaban J connectivity index is 1.35. The van der Waals surface area contributed by atoms with Crippen LogP contribution in [0, 0.1) is 0 Å². The number of rotatable bonds is 4. The predicted molar refractivity (Wildman–Crippen MR) is 129 cm³/mol. The van der Waals surface area contributed by atoms with Gasteiger partial charge in [-0.3, -0.25) is 9.98 Å². The van der Waals surface area contributed by atoms with Crippen LogP contribution in [0.3, 0.4) is 0 Å². The second kappa shape index (κ2) is 8.13. The summed E-state index contributed by atoms with van der Waals surface area (Å²) in [5.74, 6) is 0.344. The molecule has 1 unspecified atom stereocenters. The molecule has 0 spiro atoms. The SMILES string of the molecule is CCC1(C)C(C)=Nc2ccc(C3=NCN(c4ccc(N5CCNCC5)cn4)C=C3F)cc21. The number of allylic oxidation sites excluding steroid dienone is 1. The highest BCUT2D eigenvalue weighted by Gasteiger charge is 2.35. The first-order valence-electron chi connectivity index (χ1n) is 11.3. The maximum absolute atomic E-state index is 15.2. The smallest absolute Gasteiger partial charge is 0.165 e. The molecule has 3 aliphatic rings. The van der Waals surface area contributed by atoms with Crippen LogP contribution in [-0.2, 0) is 5.41 Å². The average molecular weight is 433 g/mol. The van der Waals surface area contributed by atoms with Crippen LogP contribution in [0.1, 0.15) is 38.3 Å². The van der Waals surface area contributed by atoms with Crippen LogP contribution in [0.2, 0.25) is 0 Å². The molecule has 3 aliphatic heterocycles. The minimum atomic E-state index is -0.349. The highest BCUT2D eigenvalue weighted by molar-refractivity contribution is 6.13. The topological polar surface area (TPSA) is 56.1 Å². The number of hydrogen-bond donors (Lipinski definition) is 1. The molecule has 1 N–H and O–H groups in total. The van der Waals surface area contributed by atoms with E-state index in [9.17, 15) is 0 Å². The molecule has 1 atom stereocenters.